The molecular formula is C15H19N7O2S. The van der Waals surface area contributed by atoms with Gasteiger partial charge in [-0.3, -0.25) is 4.68 Å². The van der Waals surface area contributed by atoms with E-state index in [1.807, 2.05) is 6.92 Å². The highest BCUT2D eigenvalue weighted by Crippen LogP contribution is 2.26. The molecule has 9 nitrogen and oxygen atoms in total. The SMILES string of the molecule is Cc1nc2n(n1)CCCC2NS(=O)(=O)c1cnc2c(c1)c(C)nn2C. The van der Waals surface area contributed by atoms with Crippen LogP contribution >= 0.6 is 0 Å². The molecule has 1 atom stereocenters. The molecule has 1 unspecified atom stereocenters. The summed E-state index contributed by atoms with van der Waals surface area (Å²) >= 11 is 0. The number of pyridine rings is 1. The van der Waals surface area contributed by atoms with Crippen LogP contribution in [0.2, 0.25) is 0 Å². The molecule has 0 bridgehead atoms. The Bertz CT molecular complexity index is 1070. The number of sulfonamides is 1. The minimum atomic E-state index is -3.72. The Morgan fingerprint density at radius 2 is 2.08 bits per heavy atom. The molecule has 4 rings (SSSR count). The second-order valence-corrected chi connectivity index (χ2v) is 8.02. The van der Waals surface area contributed by atoms with E-state index in [2.05, 4.69) is 24.9 Å². The third-order valence-corrected chi connectivity index (χ3v) is 5.86. The third kappa shape index (κ3) is 2.71. The molecule has 1 N–H and O–H groups in total. The molecule has 1 aliphatic rings. The lowest BCUT2D eigenvalue weighted by atomic mass is 10.1. The van der Waals surface area contributed by atoms with Crippen LogP contribution in [-0.4, -0.2) is 37.9 Å². The van der Waals surface area contributed by atoms with Crippen LogP contribution in [0, 0.1) is 13.8 Å². The van der Waals surface area contributed by atoms with Crippen molar-refractivity contribution < 1.29 is 8.42 Å². The molecule has 25 heavy (non-hydrogen) atoms. The Morgan fingerprint density at radius 1 is 1.28 bits per heavy atom. The lowest BCUT2D eigenvalue weighted by molar-refractivity contribution is 0.399. The van der Waals surface area contributed by atoms with Crippen molar-refractivity contribution >= 4 is 21.1 Å². The molecule has 0 aromatic carbocycles. The van der Waals surface area contributed by atoms with E-state index in [0.29, 0.717) is 23.7 Å². The average molecular weight is 361 g/mol. The predicted molar refractivity (Wildman–Crippen MR) is 90.3 cm³/mol. The van der Waals surface area contributed by atoms with Gasteiger partial charge in [0.2, 0.25) is 10.0 Å². The number of aromatic nitrogens is 6. The maximum Gasteiger partial charge on any atom is 0.242 e. The number of fused-ring (bicyclic) bond motifs is 2. The Kier molecular flexibility index (Phi) is 3.62. The smallest absolute Gasteiger partial charge is 0.242 e. The molecule has 3 aromatic heterocycles. The average Bonchev–Trinajstić information content (AvgIpc) is 3.07. The van der Waals surface area contributed by atoms with Gasteiger partial charge < -0.3 is 0 Å². The quantitative estimate of drug-likeness (QED) is 0.745. The standard InChI is InChI=1S/C15H19N7O2S/c1-9-12-7-11(8-16-14(12)21(3)18-9)25(23,24)20-13-5-4-6-22-15(13)17-10(2)19-22/h7-8,13,20H,4-6H2,1-3H3. The lowest BCUT2D eigenvalue weighted by Gasteiger charge is -2.22. The molecule has 0 radical (unpaired) electrons. The Morgan fingerprint density at radius 3 is 2.88 bits per heavy atom. The highest BCUT2D eigenvalue weighted by atomic mass is 32.2. The number of nitrogens with zero attached hydrogens (tertiary/aromatic N) is 6. The van der Waals surface area contributed by atoms with Crippen molar-refractivity contribution in [1.29, 1.82) is 0 Å². The maximum absolute atomic E-state index is 12.8. The van der Waals surface area contributed by atoms with E-state index in [-0.39, 0.29) is 10.9 Å². The van der Waals surface area contributed by atoms with Crippen molar-refractivity contribution in [3.05, 3.63) is 29.6 Å². The van der Waals surface area contributed by atoms with Crippen LogP contribution in [0.1, 0.15) is 36.2 Å². The summed E-state index contributed by atoms with van der Waals surface area (Å²) in [5.74, 6) is 1.31. The molecule has 1 aliphatic heterocycles. The van der Waals surface area contributed by atoms with E-state index < -0.39 is 10.0 Å². The third-order valence-electron chi connectivity index (χ3n) is 4.43. The molecule has 132 valence electrons. The normalized spacial score (nSPS) is 17.8. The number of aryl methyl sites for hydroxylation is 4. The van der Waals surface area contributed by atoms with Gasteiger partial charge in [-0.15, -0.1) is 0 Å². The number of hydrogen-bond donors (Lipinski definition) is 1. The molecule has 3 aromatic rings. The van der Waals surface area contributed by atoms with Gasteiger partial charge in [0.15, 0.2) is 5.65 Å². The first-order chi connectivity index (χ1) is 11.8. The van der Waals surface area contributed by atoms with E-state index in [1.54, 1.807) is 29.4 Å². The van der Waals surface area contributed by atoms with Crippen LogP contribution in [-0.2, 0) is 23.6 Å². The van der Waals surface area contributed by atoms with Crippen LogP contribution in [0.5, 0.6) is 0 Å². The highest BCUT2D eigenvalue weighted by Gasteiger charge is 2.29. The van der Waals surface area contributed by atoms with E-state index in [9.17, 15) is 8.42 Å². The van der Waals surface area contributed by atoms with Crippen LogP contribution in [0.15, 0.2) is 17.2 Å². The molecule has 0 aliphatic carbocycles. The fourth-order valence-electron chi connectivity index (χ4n) is 3.27. The molecule has 0 saturated carbocycles. The summed E-state index contributed by atoms with van der Waals surface area (Å²) in [6.07, 6.45) is 2.91. The molecule has 0 spiro atoms. The van der Waals surface area contributed by atoms with Crippen molar-refractivity contribution in [3.8, 4) is 0 Å². The van der Waals surface area contributed by atoms with Crippen LogP contribution < -0.4 is 4.72 Å². The fourth-order valence-corrected chi connectivity index (χ4v) is 4.47. The van der Waals surface area contributed by atoms with Gasteiger partial charge in [0.05, 0.1) is 11.7 Å². The van der Waals surface area contributed by atoms with Gasteiger partial charge in [-0.25, -0.2) is 27.8 Å². The molecule has 4 heterocycles. The predicted octanol–water partition coefficient (Wildman–Crippen LogP) is 0.990. The summed E-state index contributed by atoms with van der Waals surface area (Å²) in [4.78, 5) is 8.76. The van der Waals surface area contributed by atoms with E-state index in [0.717, 1.165) is 24.0 Å². The first-order valence-corrected chi connectivity index (χ1v) is 9.56. The largest absolute Gasteiger partial charge is 0.250 e. The van der Waals surface area contributed by atoms with Crippen LogP contribution in [0.25, 0.3) is 11.0 Å². The Hall–Kier alpha value is -2.33. The topological polar surface area (TPSA) is 108 Å². The van der Waals surface area contributed by atoms with Gasteiger partial charge in [-0.1, -0.05) is 0 Å². The van der Waals surface area contributed by atoms with Crippen molar-refractivity contribution in [1.82, 2.24) is 34.3 Å². The van der Waals surface area contributed by atoms with Crippen molar-refractivity contribution in [2.75, 3.05) is 0 Å². The molecule has 0 fully saturated rings. The summed E-state index contributed by atoms with van der Waals surface area (Å²) in [6.45, 7) is 4.40. The second kappa shape index (κ2) is 5.60. The zero-order valence-electron chi connectivity index (χ0n) is 14.3. The lowest BCUT2D eigenvalue weighted by Crippen LogP contribution is -2.33. The monoisotopic (exact) mass is 361 g/mol. The molecular weight excluding hydrogens is 342 g/mol. The molecule has 0 amide bonds. The van der Waals surface area contributed by atoms with E-state index in [4.69, 9.17) is 0 Å². The summed E-state index contributed by atoms with van der Waals surface area (Å²) in [6, 6.07) is 1.23. The first-order valence-electron chi connectivity index (χ1n) is 8.08. The number of nitrogens with one attached hydrogen (secondary N) is 1. The minimum absolute atomic E-state index is 0.129. The van der Waals surface area contributed by atoms with Crippen LogP contribution in [0.4, 0.5) is 0 Å². The summed E-state index contributed by atoms with van der Waals surface area (Å²) < 4.78 is 31.9. The van der Waals surface area contributed by atoms with Crippen molar-refractivity contribution in [2.24, 2.45) is 7.05 Å². The van der Waals surface area contributed by atoms with E-state index in [1.165, 1.54) is 6.20 Å². The van der Waals surface area contributed by atoms with Gasteiger partial charge in [0.1, 0.15) is 16.5 Å². The van der Waals surface area contributed by atoms with Crippen molar-refractivity contribution in [3.63, 3.8) is 0 Å². The van der Waals surface area contributed by atoms with Gasteiger partial charge >= 0.3 is 0 Å². The molecule has 0 saturated heterocycles. The minimum Gasteiger partial charge on any atom is -0.250 e. The maximum atomic E-state index is 12.8. The highest BCUT2D eigenvalue weighted by molar-refractivity contribution is 7.89. The first kappa shape index (κ1) is 16.2. The second-order valence-electron chi connectivity index (χ2n) is 6.31. The fraction of sp³-hybridized carbons (Fsp3) is 0.467. The zero-order valence-corrected chi connectivity index (χ0v) is 15.1. The summed E-state index contributed by atoms with van der Waals surface area (Å²) in [5.41, 5.74) is 1.40. The zero-order chi connectivity index (χ0) is 17.8. The summed E-state index contributed by atoms with van der Waals surface area (Å²) in [7, 11) is -1.94. The van der Waals surface area contributed by atoms with Gasteiger partial charge in [0.25, 0.3) is 0 Å². The summed E-state index contributed by atoms with van der Waals surface area (Å²) in [5, 5.41) is 9.32. The Labute approximate surface area is 145 Å². The Balaban J connectivity index is 1.70. The van der Waals surface area contributed by atoms with Gasteiger partial charge in [-0.2, -0.15) is 10.2 Å². The van der Waals surface area contributed by atoms with E-state index >= 15 is 0 Å². The number of hydrogen-bond acceptors (Lipinski definition) is 6. The van der Waals surface area contributed by atoms with Gasteiger partial charge in [-0.05, 0) is 32.8 Å². The number of rotatable bonds is 3. The van der Waals surface area contributed by atoms with Crippen molar-refractivity contribution in [2.45, 2.75) is 44.2 Å². The molecule has 10 heteroatoms. The van der Waals surface area contributed by atoms with Gasteiger partial charge in [0, 0.05) is 25.2 Å². The van der Waals surface area contributed by atoms with Crippen LogP contribution in [0.3, 0.4) is 0 Å².